The molecule has 2 atom stereocenters. The maximum Gasteiger partial charge on any atom is 0.254 e. The zero-order valence-electron chi connectivity index (χ0n) is 15.0. The number of hydrogen-bond acceptors (Lipinski definition) is 4. The molecule has 142 valence electrons. The minimum absolute atomic E-state index is 0.0105. The topological polar surface area (TPSA) is 51.7 Å². The SMILES string of the molecule is Cc1c(Cl)cccc1C(=O)N1CC[C@]2(C[C@@H](Oc3ncccc3F)CO2)C1. The summed E-state index contributed by atoms with van der Waals surface area (Å²) in [6, 6.07) is 8.19. The first kappa shape index (κ1) is 18.2. The Morgan fingerprint density at radius 2 is 2.26 bits per heavy atom. The van der Waals surface area contributed by atoms with Crippen molar-refractivity contribution in [3.63, 3.8) is 0 Å². The lowest BCUT2D eigenvalue weighted by molar-refractivity contribution is 0.00975. The molecule has 3 heterocycles. The van der Waals surface area contributed by atoms with Gasteiger partial charge in [0.05, 0.1) is 18.8 Å². The van der Waals surface area contributed by atoms with Crippen LogP contribution in [0, 0.1) is 12.7 Å². The number of carbonyl (C=O) groups is 1. The van der Waals surface area contributed by atoms with E-state index in [2.05, 4.69) is 4.98 Å². The summed E-state index contributed by atoms with van der Waals surface area (Å²) in [7, 11) is 0. The molecule has 1 spiro atoms. The van der Waals surface area contributed by atoms with Crippen molar-refractivity contribution in [2.45, 2.75) is 31.5 Å². The van der Waals surface area contributed by atoms with Gasteiger partial charge in [-0.2, -0.15) is 0 Å². The molecule has 1 amide bonds. The highest BCUT2D eigenvalue weighted by atomic mass is 35.5. The molecule has 1 aromatic heterocycles. The number of halogens is 2. The molecule has 0 bridgehead atoms. The van der Waals surface area contributed by atoms with Gasteiger partial charge in [-0.05, 0) is 43.2 Å². The molecule has 0 saturated carbocycles. The van der Waals surface area contributed by atoms with Crippen molar-refractivity contribution in [1.29, 1.82) is 0 Å². The molecule has 0 aliphatic carbocycles. The average Bonchev–Trinajstić information content (AvgIpc) is 3.26. The molecule has 7 heteroatoms. The normalized spacial score (nSPS) is 24.6. The third-order valence-corrected chi connectivity index (χ3v) is 5.69. The summed E-state index contributed by atoms with van der Waals surface area (Å²) in [5.41, 5.74) is 0.947. The molecular weight excluding hydrogens is 371 g/mol. The van der Waals surface area contributed by atoms with Gasteiger partial charge in [0.15, 0.2) is 5.82 Å². The van der Waals surface area contributed by atoms with E-state index in [1.54, 1.807) is 23.1 Å². The van der Waals surface area contributed by atoms with Gasteiger partial charge >= 0.3 is 0 Å². The Hall–Kier alpha value is -2.18. The summed E-state index contributed by atoms with van der Waals surface area (Å²) < 4.78 is 25.4. The van der Waals surface area contributed by atoms with Gasteiger partial charge in [-0.3, -0.25) is 4.79 Å². The van der Waals surface area contributed by atoms with E-state index in [-0.39, 0.29) is 17.9 Å². The van der Waals surface area contributed by atoms with Crippen LogP contribution in [-0.4, -0.2) is 47.2 Å². The first-order chi connectivity index (χ1) is 13.0. The van der Waals surface area contributed by atoms with Gasteiger partial charge in [0, 0.05) is 29.7 Å². The Morgan fingerprint density at radius 3 is 3.07 bits per heavy atom. The van der Waals surface area contributed by atoms with Crippen molar-refractivity contribution in [2.24, 2.45) is 0 Å². The number of likely N-dealkylation sites (tertiary alicyclic amines) is 1. The molecule has 0 radical (unpaired) electrons. The predicted molar refractivity (Wildman–Crippen MR) is 98.6 cm³/mol. The van der Waals surface area contributed by atoms with Crippen LogP contribution < -0.4 is 4.74 Å². The first-order valence-electron chi connectivity index (χ1n) is 8.93. The second-order valence-corrected chi connectivity index (χ2v) is 7.52. The summed E-state index contributed by atoms with van der Waals surface area (Å²) in [6.45, 7) is 3.30. The fourth-order valence-corrected chi connectivity index (χ4v) is 3.98. The third kappa shape index (κ3) is 3.51. The van der Waals surface area contributed by atoms with Crippen molar-refractivity contribution >= 4 is 17.5 Å². The van der Waals surface area contributed by atoms with Crippen molar-refractivity contribution in [1.82, 2.24) is 9.88 Å². The fraction of sp³-hybridized carbons (Fsp3) is 0.400. The van der Waals surface area contributed by atoms with Crippen LogP contribution in [0.4, 0.5) is 4.39 Å². The van der Waals surface area contributed by atoms with E-state index >= 15 is 0 Å². The number of nitrogens with zero attached hydrogens (tertiary/aromatic N) is 2. The monoisotopic (exact) mass is 390 g/mol. The van der Waals surface area contributed by atoms with Crippen LogP contribution in [0.5, 0.6) is 5.88 Å². The molecule has 4 rings (SSSR count). The van der Waals surface area contributed by atoms with Crippen LogP contribution in [0.3, 0.4) is 0 Å². The van der Waals surface area contributed by atoms with E-state index < -0.39 is 11.4 Å². The Balaban J connectivity index is 1.43. The molecule has 2 saturated heterocycles. The predicted octanol–water partition coefficient (Wildman–Crippen LogP) is 3.64. The van der Waals surface area contributed by atoms with Crippen molar-refractivity contribution in [3.8, 4) is 5.88 Å². The van der Waals surface area contributed by atoms with Gasteiger partial charge in [0.1, 0.15) is 6.10 Å². The summed E-state index contributed by atoms with van der Waals surface area (Å²) in [5, 5.41) is 0.581. The second kappa shape index (κ2) is 7.09. The molecule has 2 fully saturated rings. The summed E-state index contributed by atoms with van der Waals surface area (Å²) >= 11 is 6.15. The quantitative estimate of drug-likeness (QED) is 0.803. The highest BCUT2D eigenvalue weighted by Crippen LogP contribution is 2.37. The van der Waals surface area contributed by atoms with E-state index in [4.69, 9.17) is 21.1 Å². The molecule has 2 aliphatic rings. The minimum Gasteiger partial charge on any atom is -0.470 e. The maximum atomic E-state index is 13.7. The number of benzene rings is 1. The average molecular weight is 391 g/mol. The summed E-state index contributed by atoms with van der Waals surface area (Å²) in [5.74, 6) is -0.544. The van der Waals surface area contributed by atoms with Crippen LogP contribution in [0.25, 0.3) is 0 Å². The Morgan fingerprint density at radius 1 is 1.41 bits per heavy atom. The number of amides is 1. The van der Waals surface area contributed by atoms with Gasteiger partial charge in [-0.1, -0.05) is 17.7 Å². The Kier molecular flexibility index (Phi) is 4.78. The fourth-order valence-electron chi connectivity index (χ4n) is 3.81. The summed E-state index contributed by atoms with van der Waals surface area (Å²) in [4.78, 5) is 18.6. The van der Waals surface area contributed by atoms with E-state index in [0.29, 0.717) is 36.7 Å². The lowest BCUT2D eigenvalue weighted by Crippen LogP contribution is -2.36. The number of rotatable bonds is 3. The lowest BCUT2D eigenvalue weighted by atomic mass is 9.98. The number of hydrogen-bond donors (Lipinski definition) is 0. The standard InChI is InChI=1S/C20H20ClFN2O3/c1-13-15(4-2-5-16(13)21)19(25)24-9-7-20(12-24)10-14(11-26-20)27-18-17(22)6-3-8-23-18/h2-6,8,14H,7,9-12H2,1H3/t14-,20+/m1/s1. The highest BCUT2D eigenvalue weighted by molar-refractivity contribution is 6.31. The molecular formula is C20H20ClFN2O3. The third-order valence-electron chi connectivity index (χ3n) is 5.28. The minimum atomic E-state index is -0.488. The van der Waals surface area contributed by atoms with Gasteiger partial charge in [0.25, 0.3) is 11.8 Å². The van der Waals surface area contributed by atoms with Crippen LogP contribution in [0.15, 0.2) is 36.5 Å². The van der Waals surface area contributed by atoms with Crippen LogP contribution in [0.1, 0.15) is 28.8 Å². The highest BCUT2D eigenvalue weighted by Gasteiger charge is 2.48. The van der Waals surface area contributed by atoms with E-state index in [0.717, 1.165) is 12.0 Å². The number of carbonyl (C=O) groups excluding carboxylic acids is 1. The summed E-state index contributed by atoms with van der Waals surface area (Å²) in [6.07, 6.45) is 2.54. The van der Waals surface area contributed by atoms with E-state index in [1.165, 1.54) is 18.3 Å². The number of ether oxygens (including phenoxy) is 2. The van der Waals surface area contributed by atoms with Crippen molar-refractivity contribution < 1.29 is 18.7 Å². The van der Waals surface area contributed by atoms with E-state index in [9.17, 15) is 9.18 Å². The molecule has 0 N–H and O–H groups in total. The lowest BCUT2D eigenvalue weighted by Gasteiger charge is -2.23. The first-order valence-corrected chi connectivity index (χ1v) is 9.31. The second-order valence-electron chi connectivity index (χ2n) is 7.12. The van der Waals surface area contributed by atoms with Gasteiger partial charge in [-0.15, -0.1) is 0 Å². The number of pyridine rings is 1. The Labute approximate surface area is 162 Å². The van der Waals surface area contributed by atoms with Gasteiger partial charge < -0.3 is 14.4 Å². The molecule has 27 heavy (non-hydrogen) atoms. The molecule has 2 aliphatic heterocycles. The van der Waals surface area contributed by atoms with Crippen molar-refractivity contribution in [2.75, 3.05) is 19.7 Å². The molecule has 5 nitrogen and oxygen atoms in total. The zero-order chi connectivity index (χ0) is 19.0. The molecule has 0 unspecified atom stereocenters. The zero-order valence-corrected chi connectivity index (χ0v) is 15.7. The Bertz CT molecular complexity index is 878. The largest absolute Gasteiger partial charge is 0.470 e. The maximum absolute atomic E-state index is 13.7. The smallest absolute Gasteiger partial charge is 0.254 e. The van der Waals surface area contributed by atoms with Crippen LogP contribution >= 0.6 is 11.6 Å². The van der Waals surface area contributed by atoms with Crippen LogP contribution in [0.2, 0.25) is 5.02 Å². The molecule has 2 aromatic rings. The van der Waals surface area contributed by atoms with Crippen LogP contribution in [-0.2, 0) is 4.74 Å². The van der Waals surface area contributed by atoms with E-state index in [1.807, 2.05) is 6.92 Å². The molecule has 1 aromatic carbocycles. The van der Waals surface area contributed by atoms with Crippen molar-refractivity contribution in [3.05, 3.63) is 58.5 Å². The number of aromatic nitrogens is 1. The van der Waals surface area contributed by atoms with Gasteiger partial charge in [0.2, 0.25) is 0 Å². The van der Waals surface area contributed by atoms with Gasteiger partial charge in [-0.25, -0.2) is 9.37 Å².